The molecule has 0 spiro atoms. The van der Waals surface area contributed by atoms with Crippen LogP contribution >= 0.6 is 0 Å². The van der Waals surface area contributed by atoms with Crippen molar-refractivity contribution in [1.29, 1.82) is 0 Å². The van der Waals surface area contributed by atoms with Gasteiger partial charge in [-0.1, -0.05) is 61.4 Å². The van der Waals surface area contributed by atoms with E-state index in [2.05, 4.69) is 41.7 Å². The van der Waals surface area contributed by atoms with E-state index in [0.29, 0.717) is 36.8 Å². The molecule has 0 aromatic heterocycles. The van der Waals surface area contributed by atoms with E-state index in [1.807, 2.05) is 18.2 Å². The second-order valence-electron chi connectivity index (χ2n) is 14.9. The SMILES string of the molecule is OCc1cc([C@@H](O)CNCCCc2ccc(OCCC[N+]34CCC(CC3)[C@@H](OCC(O)(c3ccccc3)C3CCCC3)C4)cc2)ccc1O. The standard InChI is InChI=1S/C41H56N2O6/c44-29-34-26-33(15-18-38(34)45)39(46)27-42-21-6-8-31-13-16-37(17-14-31)48-25-7-22-43-23-19-32(20-24-43)40(28-43)49-30-41(47,36-11-4-5-12-36)35-9-2-1-3-10-35/h1-3,9-10,13-18,26,32,36,39-40,42,44,46-47H,4-8,11-12,19-25,27-30H2/p+1/t32?,39-,40-,41?,43?/m0/s1. The smallest absolute Gasteiger partial charge is 0.121 e. The fraction of sp³-hybridized carbons (Fsp3) is 0.561. The Balaban J connectivity index is 0.896. The van der Waals surface area contributed by atoms with E-state index in [4.69, 9.17) is 9.47 Å². The van der Waals surface area contributed by atoms with Gasteiger partial charge in [-0.25, -0.2) is 0 Å². The van der Waals surface area contributed by atoms with E-state index in [1.54, 1.807) is 12.1 Å². The molecule has 49 heavy (non-hydrogen) atoms. The zero-order valence-electron chi connectivity index (χ0n) is 29.0. The molecule has 3 heterocycles. The first-order chi connectivity index (χ1) is 23.9. The van der Waals surface area contributed by atoms with Crippen LogP contribution in [0.25, 0.3) is 0 Å². The summed E-state index contributed by atoms with van der Waals surface area (Å²) < 4.78 is 14.0. The summed E-state index contributed by atoms with van der Waals surface area (Å²) in [5, 5.41) is 44.8. The summed E-state index contributed by atoms with van der Waals surface area (Å²) in [7, 11) is 0. The van der Waals surface area contributed by atoms with Gasteiger partial charge in [-0.3, -0.25) is 0 Å². The zero-order valence-corrected chi connectivity index (χ0v) is 29.0. The number of aliphatic hydroxyl groups excluding tert-OH is 2. The summed E-state index contributed by atoms with van der Waals surface area (Å²) in [6.45, 7) is 6.63. The number of benzene rings is 3. The summed E-state index contributed by atoms with van der Waals surface area (Å²) in [5.41, 5.74) is 2.46. The fourth-order valence-corrected chi connectivity index (χ4v) is 8.58. The van der Waals surface area contributed by atoms with Crippen LogP contribution in [0.4, 0.5) is 0 Å². The summed E-state index contributed by atoms with van der Waals surface area (Å²) >= 11 is 0. The molecular formula is C41H57N2O6+. The number of ether oxygens (including phenoxy) is 2. The number of phenols is 1. The Morgan fingerprint density at radius 1 is 0.918 bits per heavy atom. The van der Waals surface area contributed by atoms with Crippen LogP contribution in [0.2, 0.25) is 0 Å². The van der Waals surface area contributed by atoms with Crippen molar-refractivity contribution in [3.63, 3.8) is 0 Å². The number of hydrogen-bond acceptors (Lipinski definition) is 7. The zero-order chi connectivity index (χ0) is 34.1. The number of fused-ring (bicyclic) bond motifs is 3. The Labute approximate surface area is 292 Å². The molecule has 1 saturated carbocycles. The molecule has 0 amide bonds. The minimum absolute atomic E-state index is 0.0389. The van der Waals surface area contributed by atoms with Gasteiger partial charge >= 0.3 is 0 Å². The van der Waals surface area contributed by atoms with Gasteiger partial charge < -0.3 is 39.7 Å². The average Bonchev–Trinajstić information content (AvgIpc) is 3.70. The number of nitrogens with one attached hydrogen (secondary N) is 1. The van der Waals surface area contributed by atoms with Gasteiger partial charge in [0.15, 0.2) is 0 Å². The van der Waals surface area contributed by atoms with Gasteiger partial charge in [0.1, 0.15) is 29.7 Å². The quantitative estimate of drug-likeness (QED) is 0.0882. The molecular weight excluding hydrogens is 616 g/mol. The summed E-state index contributed by atoms with van der Waals surface area (Å²) in [6, 6.07) is 23.5. The molecule has 3 aliphatic heterocycles. The highest BCUT2D eigenvalue weighted by Gasteiger charge is 2.48. The molecule has 0 radical (unpaired) electrons. The highest BCUT2D eigenvalue weighted by molar-refractivity contribution is 5.36. The van der Waals surface area contributed by atoms with Crippen LogP contribution in [0.5, 0.6) is 11.5 Å². The van der Waals surface area contributed by atoms with Crippen LogP contribution in [-0.2, 0) is 23.4 Å². The minimum atomic E-state index is -0.902. The van der Waals surface area contributed by atoms with Crippen molar-refractivity contribution in [1.82, 2.24) is 5.32 Å². The normalized spacial score (nSPS) is 24.1. The lowest BCUT2D eigenvalue weighted by Gasteiger charge is -2.53. The molecule has 1 aliphatic carbocycles. The Morgan fingerprint density at radius 2 is 1.67 bits per heavy atom. The maximum Gasteiger partial charge on any atom is 0.121 e. The van der Waals surface area contributed by atoms with Crippen molar-refractivity contribution in [2.75, 3.05) is 52.5 Å². The number of quaternary nitrogens is 1. The van der Waals surface area contributed by atoms with Crippen LogP contribution < -0.4 is 10.1 Å². The molecule has 8 heteroatoms. The molecule has 1 unspecified atom stereocenters. The second-order valence-corrected chi connectivity index (χ2v) is 14.9. The number of aliphatic hydroxyl groups is 3. The number of aryl methyl sites for hydroxylation is 1. The molecule has 8 nitrogen and oxygen atoms in total. The highest BCUT2D eigenvalue weighted by Crippen LogP contribution is 2.42. The maximum absolute atomic E-state index is 12.0. The molecule has 4 aliphatic rings. The summed E-state index contributed by atoms with van der Waals surface area (Å²) in [6.07, 6.45) is 9.37. The molecule has 3 aromatic rings. The van der Waals surface area contributed by atoms with Gasteiger partial charge in [0, 0.05) is 37.3 Å². The van der Waals surface area contributed by atoms with Gasteiger partial charge in [-0.05, 0) is 79.1 Å². The molecule has 3 aromatic carbocycles. The molecule has 2 bridgehead atoms. The Hall–Kier alpha value is -2.98. The monoisotopic (exact) mass is 673 g/mol. The first-order valence-electron chi connectivity index (χ1n) is 18.7. The number of rotatable bonds is 18. The van der Waals surface area contributed by atoms with E-state index < -0.39 is 11.7 Å². The summed E-state index contributed by atoms with van der Waals surface area (Å²) in [4.78, 5) is 0. The molecule has 4 fully saturated rings. The van der Waals surface area contributed by atoms with Gasteiger partial charge in [0.2, 0.25) is 0 Å². The van der Waals surface area contributed by atoms with E-state index in [9.17, 15) is 20.4 Å². The van der Waals surface area contributed by atoms with Gasteiger partial charge in [-0.2, -0.15) is 0 Å². The third-order valence-corrected chi connectivity index (χ3v) is 11.6. The van der Waals surface area contributed by atoms with Gasteiger partial charge in [0.25, 0.3) is 0 Å². The first-order valence-corrected chi connectivity index (χ1v) is 18.7. The fourth-order valence-electron chi connectivity index (χ4n) is 8.58. The molecule has 3 atom stereocenters. The van der Waals surface area contributed by atoms with E-state index in [1.165, 1.54) is 50.4 Å². The second kappa shape index (κ2) is 16.8. The minimum Gasteiger partial charge on any atom is -0.508 e. The number of nitrogens with zero attached hydrogens (tertiary/aromatic N) is 1. The van der Waals surface area contributed by atoms with Crippen molar-refractivity contribution < 1.29 is 34.4 Å². The van der Waals surface area contributed by atoms with Crippen molar-refractivity contribution in [2.45, 2.75) is 82.2 Å². The summed E-state index contributed by atoms with van der Waals surface area (Å²) in [5.74, 6) is 1.82. The Bertz CT molecular complexity index is 1440. The van der Waals surface area contributed by atoms with Crippen LogP contribution in [0, 0.1) is 11.8 Å². The third kappa shape index (κ3) is 9.04. The predicted molar refractivity (Wildman–Crippen MR) is 191 cm³/mol. The van der Waals surface area contributed by atoms with Crippen molar-refractivity contribution in [3.05, 3.63) is 95.1 Å². The lowest BCUT2D eigenvalue weighted by molar-refractivity contribution is -0.946. The van der Waals surface area contributed by atoms with Crippen molar-refractivity contribution in [2.24, 2.45) is 11.8 Å². The lowest BCUT2D eigenvalue weighted by Crippen LogP contribution is -2.65. The Morgan fingerprint density at radius 3 is 2.41 bits per heavy atom. The molecule has 7 rings (SSSR count). The average molecular weight is 674 g/mol. The number of aromatic hydroxyl groups is 1. The molecule has 266 valence electrons. The molecule has 5 N–H and O–H groups in total. The topological polar surface area (TPSA) is 111 Å². The van der Waals surface area contributed by atoms with Gasteiger partial charge in [0.05, 0.1) is 45.6 Å². The molecule has 3 saturated heterocycles. The third-order valence-electron chi connectivity index (χ3n) is 11.6. The largest absolute Gasteiger partial charge is 0.508 e. The maximum atomic E-state index is 12.0. The van der Waals surface area contributed by atoms with E-state index in [-0.39, 0.29) is 24.4 Å². The number of hydrogen-bond donors (Lipinski definition) is 5. The first kappa shape index (κ1) is 35.8. The Kier molecular flexibility index (Phi) is 12.3. The van der Waals surface area contributed by atoms with Crippen LogP contribution in [-0.4, -0.2) is 83.5 Å². The van der Waals surface area contributed by atoms with E-state index in [0.717, 1.165) is 67.5 Å². The number of piperidine rings is 3. The van der Waals surface area contributed by atoms with Crippen LogP contribution in [0.3, 0.4) is 0 Å². The van der Waals surface area contributed by atoms with E-state index >= 15 is 0 Å². The predicted octanol–water partition coefficient (Wildman–Crippen LogP) is 5.61. The highest BCUT2D eigenvalue weighted by atomic mass is 16.5. The lowest BCUT2D eigenvalue weighted by atomic mass is 9.80. The van der Waals surface area contributed by atoms with Crippen LogP contribution in [0.15, 0.2) is 72.8 Å². The van der Waals surface area contributed by atoms with Crippen LogP contribution in [0.1, 0.15) is 79.7 Å². The van der Waals surface area contributed by atoms with Crippen molar-refractivity contribution in [3.8, 4) is 11.5 Å². The van der Waals surface area contributed by atoms with Gasteiger partial charge in [-0.15, -0.1) is 0 Å². The van der Waals surface area contributed by atoms with Crippen molar-refractivity contribution >= 4 is 0 Å².